The van der Waals surface area contributed by atoms with Crippen molar-refractivity contribution in [3.8, 4) is 0 Å². The number of ether oxygens (including phenoxy) is 3. The maximum Gasteiger partial charge on any atom is 0.306 e. The smallest absolute Gasteiger partial charge is 0.306 e. The third kappa shape index (κ3) is 51.6. The van der Waals surface area contributed by atoms with E-state index in [2.05, 4.69) is 106 Å². The molecule has 1 unspecified atom stereocenters. The molecule has 0 aliphatic heterocycles. The van der Waals surface area contributed by atoms with Gasteiger partial charge in [0, 0.05) is 19.3 Å². The van der Waals surface area contributed by atoms with Gasteiger partial charge in [-0.05, 0) is 109 Å². The van der Waals surface area contributed by atoms with E-state index in [1.807, 2.05) is 0 Å². The number of esters is 3. The minimum atomic E-state index is -0.816. The zero-order valence-electron chi connectivity index (χ0n) is 43.2. The maximum absolute atomic E-state index is 12.8. The first kappa shape index (κ1) is 62.6. The van der Waals surface area contributed by atoms with Crippen molar-refractivity contribution in [3.63, 3.8) is 0 Å². The normalized spacial score (nSPS) is 12.7. The minimum Gasteiger partial charge on any atom is -0.462 e. The highest BCUT2D eigenvalue weighted by atomic mass is 16.6. The van der Waals surface area contributed by atoms with Crippen molar-refractivity contribution in [1.29, 1.82) is 0 Å². The van der Waals surface area contributed by atoms with E-state index in [0.717, 1.165) is 103 Å². The summed E-state index contributed by atoms with van der Waals surface area (Å²) in [5, 5.41) is 0. The lowest BCUT2D eigenvalue weighted by Crippen LogP contribution is -2.30. The quantitative estimate of drug-likeness (QED) is 0.0262. The van der Waals surface area contributed by atoms with Crippen LogP contribution in [0, 0.1) is 0 Å². The Labute approximate surface area is 407 Å². The van der Waals surface area contributed by atoms with E-state index >= 15 is 0 Å². The zero-order chi connectivity index (χ0) is 47.9. The van der Waals surface area contributed by atoms with Gasteiger partial charge in [-0.3, -0.25) is 14.4 Å². The number of carbonyl (C=O) groups is 3. The SMILES string of the molecule is CC/C=C\C/C=C\C/C=C\C/C=C\C/C=C\CCCC(=O)OC(COC(=O)CCCCC/C=C\CCCCCCCC)COC(=O)CCCCCCC/C=C\CCCCCCCCCCC. The Morgan fingerprint density at radius 2 is 0.606 bits per heavy atom. The van der Waals surface area contributed by atoms with Crippen molar-refractivity contribution in [2.45, 2.75) is 264 Å². The van der Waals surface area contributed by atoms with Crippen molar-refractivity contribution in [1.82, 2.24) is 0 Å². The van der Waals surface area contributed by atoms with Crippen molar-refractivity contribution in [2.75, 3.05) is 13.2 Å². The van der Waals surface area contributed by atoms with Crippen LogP contribution in [0.4, 0.5) is 0 Å². The maximum atomic E-state index is 12.8. The minimum absolute atomic E-state index is 0.108. The molecule has 0 amide bonds. The lowest BCUT2D eigenvalue weighted by molar-refractivity contribution is -0.167. The third-order valence-corrected chi connectivity index (χ3v) is 11.6. The Hall–Kier alpha value is -3.41. The summed E-state index contributed by atoms with van der Waals surface area (Å²) in [6, 6.07) is 0. The molecule has 0 spiro atoms. The fourth-order valence-corrected chi connectivity index (χ4v) is 7.47. The van der Waals surface area contributed by atoms with Gasteiger partial charge in [0.25, 0.3) is 0 Å². The zero-order valence-corrected chi connectivity index (χ0v) is 43.2. The Kier molecular flexibility index (Phi) is 51.4. The Bertz CT molecular complexity index is 1290. The average molecular weight is 919 g/mol. The van der Waals surface area contributed by atoms with Gasteiger partial charge >= 0.3 is 17.9 Å². The molecule has 0 N–H and O–H groups in total. The first-order chi connectivity index (χ1) is 32.5. The van der Waals surface area contributed by atoms with Crippen LogP contribution in [0.15, 0.2) is 85.1 Å². The lowest BCUT2D eigenvalue weighted by Gasteiger charge is -2.18. The fourth-order valence-electron chi connectivity index (χ4n) is 7.47. The summed E-state index contributed by atoms with van der Waals surface area (Å²) in [6.07, 6.45) is 70.1. The van der Waals surface area contributed by atoms with Crippen molar-refractivity contribution >= 4 is 17.9 Å². The monoisotopic (exact) mass is 919 g/mol. The lowest BCUT2D eigenvalue weighted by atomic mass is 10.1. The molecule has 1 atom stereocenters. The molecule has 0 radical (unpaired) electrons. The Balaban J connectivity index is 4.49. The molecule has 0 aliphatic rings. The number of rotatable bonds is 49. The predicted molar refractivity (Wildman–Crippen MR) is 284 cm³/mol. The highest BCUT2D eigenvalue weighted by Gasteiger charge is 2.19. The molecular formula is C60H102O6. The van der Waals surface area contributed by atoms with Gasteiger partial charge in [0.15, 0.2) is 6.10 Å². The second kappa shape index (κ2) is 54.2. The van der Waals surface area contributed by atoms with Crippen molar-refractivity contribution < 1.29 is 28.6 Å². The molecule has 0 aromatic heterocycles. The highest BCUT2D eigenvalue weighted by molar-refractivity contribution is 5.71. The van der Waals surface area contributed by atoms with Gasteiger partial charge in [-0.25, -0.2) is 0 Å². The van der Waals surface area contributed by atoms with Crippen LogP contribution in [0.25, 0.3) is 0 Å². The first-order valence-corrected chi connectivity index (χ1v) is 27.6. The average Bonchev–Trinajstić information content (AvgIpc) is 3.31. The van der Waals surface area contributed by atoms with Crippen LogP contribution in [0.5, 0.6) is 0 Å². The summed E-state index contributed by atoms with van der Waals surface area (Å²) in [6.45, 7) is 6.46. The van der Waals surface area contributed by atoms with Gasteiger partial charge < -0.3 is 14.2 Å². The number of hydrogen-bond acceptors (Lipinski definition) is 6. The summed E-state index contributed by atoms with van der Waals surface area (Å²) in [5.74, 6) is -0.989. The van der Waals surface area contributed by atoms with E-state index in [1.165, 1.54) is 109 Å². The van der Waals surface area contributed by atoms with Gasteiger partial charge in [0.05, 0.1) is 0 Å². The van der Waals surface area contributed by atoms with Crippen LogP contribution in [0.2, 0.25) is 0 Å². The van der Waals surface area contributed by atoms with Crippen LogP contribution in [0.3, 0.4) is 0 Å². The summed E-state index contributed by atoms with van der Waals surface area (Å²) in [4.78, 5) is 38.0. The molecular weight excluding hydrogens is 817 g/mol. The fraction of sp³-hybridized carbons (Fsp3) is 0.717. The summed E-state index contributed by atoms with van der Waals surface area (Å²) in [5.41, 5.74) is 0. The van der Waals surface area contributed by atoms with E-state index in [0.29, 0.717) is 19.3 Å². The van der Waals surface area contributed by atoms with E-state index < -0.39 is 6.10 Å². The Morgan fingerprint density at radius 3 is 1.00 bits per heavy atom. The van der Waals surface area contributed by atoms with Crippen LogP contribution in [-0.4, -0.2) is 37.2 Å². The standard InChI is InChI=1S/C60H102O6/c1-4-7-10-13-16-19-22-25-27-29-31-32-35-38-41-44-47-50-53-59(62)65-56-57(55-64-58(61)52-49-46-43-40-37-34-24-21-18-15-12-9-6-3)66-60(63)54-51-48-45-42-39-36-33-30-28-26-23-20-17-14-11-8-5-2/h8,11,17,20,26,28,31-34,36-37,42,45,57H,4-7,9-10,12-16,18-19,21-25,27,29-30,35,38-41,43-44,46-56H2,1-3H3/b11-8-,20-17-,28-26-,32-31-,36-33-,37-34-,45-42-. The summed E-state index contributed by atoms with van der Waals surface area (Å²) >= 11 is 0. The number of carbonyl (C=O) groups excluding carboxylic acids is 3. The van der Waals surface area contributed by atoms with E-state index in [-0.39, 0.29) is 37.5 Å². The second-order valence-electron chi connectivity index (χ2n) is 18.1. The number of allylic oxidation sites excluding steroid dienone is 14. The van der Waals surface area contributed by atoms with E-state index in [9.17, 15) is 14.4 Å². The van der Waals surface area contributed by atoms with Crippen LogP contribution in [0.1, 0.15) is 258 Å². The number of unbranched alkanes of at least 4 members (excludes halogenated alkanes) is 24. The summed E-state index contributed by atoms with van der Waals surface area (Å²) in [7, 11) is 0. The van der Waals surface area contributed by atoms with Crippen LogP contribution >= 0.6 is 0 Å². The number of hydrogen-bond donors (Lipinski definition) is 0. The van der Waals surface area contributed by atoms with Crippen LogP contribution in [-0.2, 0) is 28.6 Å². The van der Waals surface area contributed by atoms with Gasteiger partial charge in [0.2, 0.25) is 0 Å². The second-order valence-corrected chi connectivity index (χ2v) is 18.1. The van der Waals surface area contributed by atoms with Crippen molar-refractivity contribution in [2.24, 2.45) is 0 Å². The molecule has 0 heterocycles. The molecule has 0 bridgehead atoms. The largest absolute Gasteiger partial charge is 0.462 e. The molecule has 378 valence electrons. The van der Waals surface area contributed by atoms with E-state index in [4.69, 9.17) is 14.2 Å². The molecule has 0 aromatic rings. The van der Waals surface area contributed by atoms with Crippen LogP contribution < -0.4 is 0 Å². The van der Waals surface area contributed by atoms with Crippen molar-refractivity contribution in [3.05, 3.63) is 85.1 Å². The topological polar surface area (TPSA) is 78.9 Å². The molecule has 6 nitrogen and oxygen atoms in total. The third-order valence-electron chi connectivity index (χ3n) is 11.6. The van der Waals surface area contributed by atoms with Gasteiger partial charge in [-0.15, -0.1) is 0 Å². The molecule has 6 heteroatoms. The van der Waals surface area contributed by atoms with E-state index in [1.54, 1.807) is 0 Å². The molecule has 0 aliphatic carbocycles. The van der Waals surface area contributed by atoms with Gasteiger partial charge in [-0.1, -0.05) is 215 Å². The highest BCUT2D eigenvalue weighted by Crippen LogP contribution is 2.14. The predicted octanol–water partition coefficient (Wildman–Crippen LogP) is 18.4. The molecule has 0 fully saturated rings. The first-order valence-electron chi connectivity index (χ1n) is 27.6. The molecule has 0 saturated carbocycles. The summed E-state index contributed by atoms with van der Waals surface area (Å²) < 4.78 is 16.8. The Morgan fingerprint density at radius 1 is 0.318 bits per heavy atom. The van der Waals surface area contributed by atoms with Gasteiger partial charge in [0.1, 0.15) is 13.2 Å². The molecule has 66 heavy (non-hydrogen) atoms. The molecule has 0 aromatic carbocycles. The van der Waals surface area contributed by atoms with Gasteiger partial charge in [-0.2, -0.15) is 0 Å². The molecule has 0 saturated heterocycles. The molecule has 0 rings (SSSR count).